The van der Waals surface area contributed by atoms with E-state index in [9.17, 15) is 18.0 Å². The summed E-state index contributed by atoms with van der Waals surface area (Å²) in [6.07, 6.45) is -3.37. The number of anilines is 1. The van der Waals surface area contributed by atoms with Crippen LogP contribution in [0.3, 0.4) is 0 Å². The Labute approximate surface area is 210 Å². The quantitative estimate of drug-likeness (QED) is 0.466. The van der Waals surface area contributed by atoms with Crippen LogP contribution in [0.4, 0.5) is 18.9 Å². The van der Waals surface area contributed by atoms with E-state index in [0.29, 0.717) is 35.1 Å². The lowest BCUT2D eigenvalue weighted by Gasteiger charge is -2.41. The fourth-order valence-electron chi connectivity index (χ4n) is 4.12. The van der Waals surface area contributed by atoms with Crippen LogP contribution >= 0.6 is 23.2 Å². The van der Waals surface area contributed by atoms with Gasteiger partial charge in [0.05, 0.1) is 17.8 Å². The van der Waals surface area contributed by atoms with Gasteiger partial charge in [0.15, 0.2) is 5.69 Å². The molecular weight excluding hydrogens is 506 g/mol. The van der Waals surface area contributed by atoms with Gasteiger partial charge in [0.25, 0.3) is 0 Å². The summed E-state index contributed by atoms with van der Waals surface area (Å²) in [5.41, 5.74) is -0.229. The summed E-state index contributed by atoms with van der Waals surface area (Å²) in [7, 11) is 1.53. The second kappa shape index (κ2) is 9.94. The Morgan fingerprint density at radius 3 is 2.60 bits per heavy atom. The van der Waals surface area contributed by atoms with Gasteiger partial charge in [-0.1, -0.05) is 29.3 Å². The Bertz CT molecular complexity index is 1220. The standard InChI is InChI=1S/C23H22Cl2F3N5O2/c1-14-12-31(15-6-7-16(24)18(11-15)35-2)9-10-32(14)19(34)13-33-22(23(26,27)28)20(25)21(30-33)17-5-3-4-8-29-17/h3-8,11,14H,9-10,12-13H2,1-2H3. The molecular formula is C23H22Cl2F3N5O2. The van der Waals surface area contributed by atoms with Crippen LogP contribution < -0.4 is 9.64 Å². The first-order chi connectivity index (χ1) is 16.6. The third kappa shape index (κ3) is 5.18. The van der Waals surface area contributed by atoms with Gasteiger partial charge in [-0.2, -0.15) is 18.3 Å². The van der Waals surface area contributed by atoms with E-state index in [1.807, 2.05) is 19.1 Å². The monoisotopic (exact) mass is 527 g/mol. The smallest absolute Gasteiger partial charge is 0.434 e. The summed E-state index contributed by atoms with van der Waals surface area (Å²) >= 11 is 12.2. The van der Waals surface area contributed by atoms with Crippen LogP contribution in [-0.4, -0.2) is 58.4 Å². The number of aromatic nitrogens is 3. The second-order valence-electron chi connectivity index (χ2n) is 8.08. The van der Waals surface area contributed by atoms with Crippen molar-refractivity contribution in [1.82, 2.24) is 19.7 Å². The summed E-state index contributed by atoms with van der Waals surface area (Å²) in [4.78, 5) is 20.7. The molecule has 0 saturated carbocycles. The van der Waals surface area contributed by atoms with Crippen LogP contribution in [0.5, 0.6) is 5.75 Å². The Kier molecular flexibility index (Phi) is 7.14. The number of nitrogens with zero attached hydrogens (tertiary/aromatic N) is 5. The van der Waals surface area contributed by atoms with E-state index in [1.165, 1.54) is 19.4 Å². The van der Waals surface area contributed by atoms with Crippen molar-refractivity contribution >= 4 is 34.8 Å². The van der Waals surface area contributed by atoms with Crippen molar-refractivity contribution in [2.75, 3.05) is 31.6 Å². The lowest BCUT2D eigenvalue weighted by molar-refractivity contribution is -0.146. The third-order valence-corrected chi connectivity index (χ3v) is 6.47. The molecule has 0 N–H and O–H groups in total. The van der Waals surface area contributed by atoms with E-state index >= 15 is 0 Å². The van der Waals surface area contributed by atoms with Gasteiger partial charge in [0, 0.05) is 43.6 Å². The molecule has 0 spiro atoms. The number of ether oxygens (including phenoxy) is 1. The molecule has 1 saturated heterocycles. The second-order valence-corrected chi connectivity index (χ2v) is 8.87. The molecule has 1 amide bonds. The number of amides is 1. The number of alkyl halides is 3. The van der Waals surface area contributed by atoms with Crippen LogP contribution in [0.2, 0.25) is 10.0 Å². The number of methoxy groups -OCH3 is 1. The zero-order valence-electron chi connectivity index (χ0n) is 18.9. The van der Waals surface area contributed by atoms with E-state index in [-0.39, 0.29) is 17.4 Å². The Hall–Kier alpha value is -2.98. The molecule has 0 aliphatic carbocycles. The summed E-state index contributed by atoms with van der Waals surface area (Å²) in [5.74, 6) is 0.0531. The fraction of sp³-hybridized carbons (Fsp3) is 0.348. The minimum absolute atomic E-state index is 0.123. The molecule has 1 aliphatic heterocycles. The number of carbonyl (C=O) groups is 1. The highest BCUT2D eigenvalue weighted by atomic mass is 35.5. The van der Waals surface area contributed by atoms with Gasteiger partial charge in [0.2, 0.25) is 5.91 Å². The van der Waals surface area contributed by atoms with Crippen molar-refractivity contribution in [3.8, 4) is 17.1 Å². The van der Waals surface area contributed by atoms with E-state index in [0.717, 1.165) is 5.69 Å². The van der Waals surface area contributed by atoms with E-state index in [1.54, 1.807) is 23.1 Å². The highest BCUT2D eigenvalue weighted by Gasteiger charge is 2.41. The number of hydrogen-bond acceptors (Lipinski definition) is 5. The average Bonchev–Trinajstić information content (AvgIpc) is 3.15. The lowest BCUT2D eigenvalue weighted by Crippen LogP contribution is -2.55. The minimum Gasteiger partial charge on any atom is -0.495 e. The number of benzene rings is 1. The lowest BCUT2D eigenvalue weighted by atomic mass is 10.1. The predicted molar refractivity (Wildman–Crippen MR) is 127 cm³/mol. The summed E-state index contributed by atoms with van der Waals surface area (Å²) in [6, 6.07) is 9.90. The van der Waals surface area contributed by atoms with E-state index < -0.39 is 29.3 Å². The van der Waals surface area contributed by atoms with E-state index in [2.05, 4.69) is 15.0 Å². The normalized spacial score (nSPS) is 16.5. The average molecular weight is 528 g/mol. The van der Waals surface area contributed by atoms with Gasteiger partial charge < -0.3 is 14.5 Å². The molecule has 1 fully saturated rings. The van der Waals surface area contributed by atoms with Crippen LogP contribution in [0.15, 0.2) is 42.6 Å². The van der Waals surface area contributed by atoms with Gasteiger partial charge in [-0.05, 0) is 31.2 Å². The molecule has 1 aliphatic rings. The summed E-state index contributed by atoms with van der Waals surface area (Å²) < 4.78 is 47.4. The zero-order chi connectivity index (χ0) is 25.3. The summed E-state index contributed by atoms with van der Waals surface area (Å²) in [5, 5.41) is 3.92. The molecule has 12 heteroatoms. The largest absolute Gasteiger partial charge is 0.495 e. The number of halogens is 5. The minimum atomic E-state index is -4.80. The maximum absolute atomic E-state index is 13.8. The van der Waals surface area contributed by atoms with Gasteiger partial charge in [-0.15, -0.1) is 0 Å². The molecule has 3 heterocycles. The van der Waals surface area contributed by atoms with Crippen LogP contribution in [0.1, 0.15) is 12.6 Å². The third-order valence-electron chi connectivity index (χ3n) is 5.80. The molecule has 186 valence electrons. The number of piperazine rings is 1. The van der Waals surface area contributed by atoms with Crippen molar-refractivity contribution in [3.63, 3.8) is 0 Å². The van der Waals surface area contributed by atoms with Gasteiger partial charge >= 0.3 is 6.18 Å². The summed E-state index contributed by atoms with van der Waals surface area (Å²) in [6.45, 7) is 2.56. The van der Waals surface area contributed by atoms with Crippen LogP contribution in [0, 0.1) is 0 Å². The topological polar surface area (TPSA) is 63.5 Å². The molecule has 1 atom stereocenters. The highest BCUT2D eigenvalue weighted by Crippen LogP contribution is 2.39. The van der Waals surface area contributed by atoms with Crippen molar-refractivity contribution < 1.29 is 22.7 Å². The molecule has 3 aromatic rings. The van der Waals surface area contributed by atoms with E-state index in [4.69, 9.17) is 27.9 Å². The highest BCUT2D eigenvalue weighted by molar-refractivity contribution is 6.33. The molecule has 0 bridgehead atoms. The van der Waals surface area contributed by atoms with Crippen LogP contribution in [0.25, 0.3) is 11.4 Å². The fourth-order valence-corrected chi connectivity index (χ4v) is 4.65. The Balaban J connectivity index is 1.53. The molecule has 4 rings (SSSR count). The van der Waals surface area contributed by atoms with Crippen LogP contribution in [-0.2, 0) is 17.5 Å². The molecule has 1 aromatic carbocycles. The molecule has 7 nitrogen and oxygen atoms in total. The molecule has 0 radical (unpaired) electrons. The van der Waals surface area contributed by atoms with Crippen molar-refractivity contribution in [2.24, 2.45) is 0 Å². The number of carbonyl (C=O) groups excluding carboxylic acids is 1. The molecule has 1 unspecified atom stereocenters. The number of rotatable bonds is 5. The molecule has 2 aromatic heterocycles. The Morgan fingerprint density at radius 2 is 1.97 bits per heavy atom. The zero-order valence-corrected chi connectivity index (χ0v) is 20.4. The number of pyridine rings is 1. The van der Waals surface area contributed by atoms with Crippen molar-refractivity contribution in [2.45, 2.75) is 25.7 Å². The maximum atomic E-state index is 13.8. The Morgan fingerprint density at radius 1 is 1.20 bits per heavy atom. The first-order valence-corrected chi connectivity index (χ1v) is 11.5. The molecule has 35 heavy (non-hydrogen) atoms. The first-order valence-electron chi connectivity index (χ1n) is 10.7. The predicted octanol–water partition coefficient (Wildman–Crippen LogP) is 5.02. The van der Waals surface area contributed by atoms with Gasteiger partial charge in [-0.25, -0.2) is 4.68 Å². The van der Waals surface area contributed by atoms with Gasteiger partial charge in [-0.3, -0.25) is 9.78 Å². The van der Waals surface area contributed by atoms with Crippen molar-refractivity contribution in [3.05, 3.63) is 58.3 Å². The van der Waals surface area contributed by atoms with Crippen molar-refractivity contribution in [1.29, 1.82) is 0 Å². The number of hydrogen-bond donors (Lipinski definition) is 0. The van der Waals surface area contributed by atoms with Gasteiger partial charge in [0.1, 0.15) is 23.0 Å². The maximum Gasteiger partial charge on any atom is 0.434 e. The first kappa shape index (κ1) is 25.1. The SMILES string of the molecule is COc1cc(N2CCN(C(=O)Cn3nc(-c4ccccn4)c(Cl)c3C(F)(F)F)C(C)C2)ccc1Cl.